The normalized spacial score (nSPS) is 19.1. The second kappa shape index (κ2) is 10.6. The summed E-state index contributed by atoms with van der Waals surface area (Å²) < 4.78 is 50.7. The van der Waals surface area contributed by atoms with Gasteiger partial charge in [0.15, 0.2) is 6.04 Å². The zero-order valence-corrected chi connectivity index (χ0v) is 22.0. The number of nitrogen functional groups attached to an aromatic ring is 1. The summed E-state index contributed by atoms with van der Waals surface area (Å²) in [6.45, 7) is 3.71. The molecule has 2 atom stereocenters. The van der Waals surface area contributed by atoms with Crippen LogP contribution in [0.25, 0.3) is 6.08 Å². The van der Waals surface area contributed by atoms with Gasteiger partial charge in [0.1, 0.15) is 22.7 Å². The molecule has 1 aromatic heterocycles. The number of nitrogens with one attached hydrogen (secondary N) is 3. The second-order valence-electron chi connectivity index (χ2n) is 9.86. The number of likely N-dealkylation sites (tertiary alicyclic amines) is 1. The van der Waals surface area contributed by atoms with Crippen molar-refractivity contribution >= 4 is 23.5 Å². The van der Waals surface area contributed by atoms with Crippen LogP contribution in [0.1, 0.15) is 49.9 Å². The third-order valence-electron chi connectivity index (χ3n) is 6.90. The van der Waals surface area contributed by atoms with Crippen molar-refractivity contribution in [3.05, 3.63) is 56.8 Å². The molecule has 0 bridgehead atoms. The number of nitrogens with zero attached hydrogens (tertiary/aromatic N) is 1. The number of hydrogen-bond acceptors (Lipinski definition) is 7. The molecule has 1 unspecified atom stereocenters. The van der Waals surface area contributed by atoms with Gasteiger partial charge in [-0.1, -0.05) is 18.1 Å². The van der Waals surface area contributed by atoms with E-state index in [1.807, 2.05) is 0 Å². The molecule has 10 nitrogen and oxygen atoms in total. The van der Waals surface area contributed by atoms with Crippen LogP contribution in [0.3, 0.4) is 0 Å². The van der Waals surface area contributed by atoms with Crippen LogP contribution in [0, 0.1) is 18.2 Å². The molecular weight excluding hydrogens is 517 g/mol. The van der Waals surface area contributed by atoms with E-state index < -0.39 is 40.1 Å². The van der Waals surface area contributed by atoms with Crippen LogP contribution in [0.4, 0.5) is 24.7 Å². The van der Waals surface area contributed by atoms with Gasteiger partial charge in [-0.2, -0.15) is 19.0 Å². The molecule has 0 radical (unpaired) electrons. The zero-order valence-electron chi connectivity index (χ0n) is 22.0. The van der Waals surface area contributed by atoms with Crippen molar-refractivity contribution < 1.29 is 32.9 Å². The fourth-order valence-corrected chi connectivity index (χ4v) is 4.33. The van der Waals surface area contributed by atoms with Crippen LogP contribution in [0.15, 0.2) is 28.7 Å². The van der Waals surface area contributed by atoms with E-state index in [1.165, 1.54) is 32.2 Å². The number of carbonyl (C=O) groups excluding carboxylic acids is 1. The van der Waals surface area contributed by atoms with Crippen molar-refractivity contribution in [3.8, 4) is 12.3 Å². The summed E-state index contributed by atoms with van der Waals surface area (Å²) >= 11 is 0. The number of aliphatic hydroxyl groups is 1. The van der Waals surface area contributed by atoms with Gasteiger partial charge in [-0.25, -0.2) is 4.39 Å². The maximum absolute atomic E-state index is 15.4. The van der Waals surface area contributed by atoms with E-state index in [0.29, 0.717) is 13.0 Å². The first-order valence-corrected chi connectivity index (χ1v) is 11.9. The van der Waals surface area contributed by atoms with Crippen LogP contribution in [-0.2, 0) is 15.5 Å². The van der Waals surface area contributed by atoms with E-state index in [1.54, 1.807) is 4.90 Å². The number of alkyl halides is 2. The maximum atomic E-state index is 15.4. The predicted octanol–water partition coefficient (Wildman–Crippen LogP) is 1.50. The molecule has 3 rings (SSSR count). The Morgan fingerprint density at radius 1 is 1.44 bits per heavy atom. The van der Waals surface area contributed by atoms with Gasteiger partial charge in [-0.15, -0.1) is 6.42 Å². The summed E-state index contributed by atoms with van der Waals surface area (Å²) in [4.78, 5) is 25.7. The van der Waals surface area contributed by atoms with Crippen molar-refractivity contribution in [2.75, 3.05) is 31.2 Å². The van der Waals surface area contributed by atoms with Gasteiger partial charge in [-0.05, 0) is 26.0 Å². The third-order valence-corrected chi connectivity index (χ3v) is 6.90. The van der Waals surface area contributed by atoms with Gasteiger partial charge in [-0.3, -0.25) is 14.9 Å². The Bertz CT molecular complexity index is 1400. The number of carbonyl (C=O) groups is 1. The largest absolute Gasteiger partial charge is 0.400 e. The highest BCUT2D eigenvalue weighted by Crippen LogP contribution is 2.41. The summed E-state index contributed by atoms with van der Waals surface area (Å²) in [6, 6.07) is 1.93. The highest BCUT2D eigenvalue weighted by Gasteiger charge is 2.49. The Morgan fingerprint density at radius 2 is 2.10 bits per heavy atom. The number of methoxy groups -OCH3 is 1. The SMILES string of the molecule is C#C[C@@H](Nc1[nH+][nH]c(=O)c(N)c1/C=C(\N)C1(OC)CCN(C(C)=O)C1)c1cccc(C(F)(F)C(C)(C)O)c1F. The van der Waals surface area contributed by atoms with Gasteiger partial charge >= 0.3 is 17.3 Å². The second-order valence-corrected chi connectivity index (χ2v) is 9.86. The first kappa shape index (κ1) is 29.5. The molecule has 210 valence electrons. The zero-order chi connectivity index (χ0) is 29.3. The Kier molecular flexibility index (Phi) is 8.05. The number of aromatic amines is 2. The van der Waals surface area contributed by atoms with E-state index in [4.69, 9.17) is 22.6 Å². The van der Waals surface area contributed by atoms with E-state index in [2.05, 4.69) is 21.4 Å². The van der Waals surface area contributed by atoms with Crippen molar-refractivity contribution in [3.63, 3.8) is 0 Å². The van der Waals surface area contributed by atoms with E-state index in [-0.39, 0.29) is 40.8 Å². The number of amides is 1. The van der Waals surface area contributed by atoms with Crippen molar-refractivity contribution in [1.82, 2.24) is 10.00 Å². The Balaban J connectivity index is 2.07. The molecule has 0 saturated carbocycles. The number of rotatable bonds is 8. The molecular formula is C26H32F3N6O4+. The fourth-order valence-electron chi connectivity index (χ4n) is 4.33. The molecule has 1 saturated heterocycles. The van der Waals surface area contributed by atoms with Crippen LogP contribution in [0.2, 0.25) is 0 Å². The molecule has 0 spiro atoms. The lowest BCUT2D eigenvalue weighted by Gasteiger charge is -2.30. The Morgan fingerprint density at radius 3 is 2.64 bits per heavy atom. The minimum Gasteiger partial charge on any atom is -0.400 e. The highest BCUT2D eigenvalue weighted by molar-refractivity contribution is 5.76. The fraction of sp³-hybridized carbons (Fsp3) is 0.423. The van der Waals surface area contributed by atoms with Crippen molar-refractivity contribution in [1.29, 1.82) is 0 Å². The van der Waals surface area contributed by atoms with E-state index in [9.17, 15) is 23.5 Å². The van der Waals surface area contributed by atoms with Gasteiger partial charge in [0.25, 0.3) is 0 Å². The van der Waals surface area contributed by atoms with Gasteiger partial charge < -0.3 is 26.2 Å². The minimum atomic E-state index is -3.94. The summed E-state index contributed by atoms with van der Waals surface area (Å²) in [5, 5.41) is 17.6. The number of halogens is 3. The van der Waals surface area contributed by atoms with Gasteiger partial charge in [0.05, 0.1) is 17.7 Å². The molecule has 0 aliphatic carbocycles. The first-order chi connectivity index (χ1) is 18.1. The van der Waals surface area contributed by atoms with Crippen LogP contribution in [-0.4, -0.2) is 52.4 Å². The molecule has 39 heavy (non-hydrogen) atoms. The summed E-state index contributed by atoms with van der Waals surface area (Å²) in [7, 11) is 1.43. The van der Waals surface area contributed by atoms with Crippen molar-refractivity contribution in [2.45, 2.75) is 50.4 Å². The lowest BCUT2D eigenvalue weighted by molar-refractivity contribution is -0.441. The number of terminal acetylenes is 1. The quantitative estimate of drug-likeness (QED) is 0.312. The first-order valence-electron chi connectivity index (χ1n) is 11.9. The molecule has 13 heteroatoms. The Hall–Kier alpha value is -4.02. The van der Waals surface area contributed by atoms with E-state index in [0.717, 1.165) is 19.9 Å². The molecule has 1 aliphatic rings. The standard InChI is InChI=1S/C26H31F3N6O4/c1-6-18(15-8-7-9-17(20(15)27)26(28,29)24(3,4)38)32-22-16(21(31)23(37)34-33-22)12-19(30)25(39-5)10-11-35(13-25)14(2)36/h1,7-9,12,18,38H,10-11,13,30H2,2-5H3,(H,34,37)(H3,31,32,33)/p+1/b19-12-/t18-,25?/m1/s1. The smallest absolute Gasteiger partial charge is 0.303 e. The van der Waals surface area contributed by atoms with Gasteiger partial charge in [0, 0.05) is 38.3 Å². The number of nitrogens with two attached hydrogens (primary N) is 2. The van der Waals surface area contributed by atoms with Crippen LogP contribution in [0.5, 0.6) is 0 Å². The number of aromatic nitrogens is 2. The van der Waals surface area contributed by atoms with Crippen molar-refractivity contribution in [2.24, 2.45) is 5.73 Å². The highest BCUT2D eigenvalue weighted by atomic mass is 19.3. The number of hydrogen-bond donors (Lipinski definition) is 5. The lowest BCUT2D eigenvalue weighted by Crippen LogP contribution is -2.41. The maximum Gasteiger partial charge on any atom is 0.303 e. The summed E-state index contributed by atoms with van der Waals surface area (Å²) in [6.07, 6.45) is 7.39. The summed E-state index contributed by atoms with van der Waals surface area (Å²) in [5.41, 5.74) is 6.69. The molecule has 8 N–H and O–H groups in total. The molecule has 1 aliphatic heterocycles. The van der Waals surface area contributed by atoms with E-state index >= 15 is 4.39 Å². The molecule has 1 aromatic carbocycles. The number of benzene rings is 1. The average Bonchev–Trinajstić information content (AvgIpc) is 3.32. The minimum absolute atomic E-state index is 0.00438. The lowest BCUT2D eigenvalue weighted by atomic mass is 9.90. The van der Waals surface area contributed by atoms with Crippen LogP contribution >= 0.6 is 0 Å². The molecule has 2 aromatic rings. The number of anilines is 2. The predicted molar refractivity (Wildman–Crippen MR) is 139 cm³/mol. The molecule has 1 fully saturated rings. The topological polar surface area (TPSA) is 161 Å². The Labute approximate surface area is 223 Å². The number of H-pyrrole nitrogens is 2. The average molecular weight is 550 g/mol. The summed E-state index contributed by atoms with van der Waals surface area (Å²) in [5.74, 6) is -3.11. The van der Waals surface area contributed by atoms with Crippen LogP contribution < -0.4 is 27.4 Å². The molecule has 1 amide bonds. The third kappa shape index (κ3) is 5.43. The van der Waals surface area contributed by atoms with Gasteiger partial charge in [0.2, 0.25) is 5.91 Å². The number of ether oxygens (including phenoxy) is 1. The molecule has 2 heterocycles. The monoisotopic (exact) mass is 549 g/mol.